The fourth-order valence-electron chi connectivity index (χ4n) is 2.48. The van der Waals surface area contributed by atoms with Crippen molar-refractivity contribution in [3.05, 3.63) is 0 Å². The Labute approximate surface area is 118 Å². The molecule has 0 aromatic carbocycles. The van der Waals surface area contributed by atoms with Gasteiger partial charge >= 0.3 is 5.97 Å². The van der Waals surface area contributed by atoms with Gasteiger partial charge in [-0.15, -0.1) is 0 Å². The molecule has 1 aliphatic rings. The van der Waals surface area contributed by atoms with Crippen LogP contribution in [0.2, 0.25) is 0 Å². The Kier molecular flexibility index (Phi) is 4.86. The standard InChI is InChI=1S/C13H24INO2/c1-9-8-15-7-6-10(9)13(4,5)17-11(16)12(2,3)14/h9-10,15H,6-8H2,1-5H3. The van der Waals surface area contributed by atoms with Gasteiger partial charge in [-0.3, -0.25) is 4.79 Å². The first-order valence-corrected chi connectivity index (χ1v) is 7.35. The molecule has 1 saturated heterocycles. The molecule has 0 aromatic heterocycles. The lowest BCUT2D eigenvalue weighted by molar-refractivity contribution is -0.166. The third-order valence-corrected chi connectivity index (χ3v) is 3.96. The van der Waals surface area contributed by atoms with E-state index in [9.17, 15) is 4.79 Å². The number of ether oxygens (including phenoxy) is 1. The first-order chi connectivity index (χ1) is 7.64. The zero-order chi connectivity index (χ0) is 13.3. The zero-order valence-electron chi connectivity index (χ0n) is 11.5. The lowest BCUT2D eigenvalue weighted by Crippen LogP contribution is -2.49. The molecule has 3 nitrogen and oxygen atoms in total. The molecular weight excluding hydrogens is 329 g/mol. The van der Waals surface area contributed by atoms with E-state index in [0.29, 0.717) is 11.8 Å². The maximum absolute atomic E-state index is 12.0. The van der Waals surface area contributed by atoms with Crippen LogP contribution in [-0.2, 0) is 9.53 Å². The maximum Gasteiger partial charge on any atom is 0.321 e. The average Bonchev–Trinajstić information content (AvgIpc) is 2.15. The molecule has 0 aliphatic carbocycles. The molecule has 2 atom stereocenters. The molecule has 1 fully saturated rings. The zero-order valence-corrected chi connectivity index (χ0v) is 13.6. The molecule has 0 spiro atoms. The van der Waals surface area contributed by atoms with Gasteiger partial charge in [0.1, 0.15) is 9.02 Å². The molecular formula is C13H24INO2. The third kappa shape index (κ3) is 4.09. The molecule has 0 amide bonds. The predicted molar refractivity (Wildman–Crippen MR) is 78.4 cm³/mol. The van der Waals surface area contributed by atoms with Gasteiger partial charge in [0.05, 0.1) is 0 Å². The number of alkyl halides is 1. The van der Waals surface area contributed by atoms with Crippen LogP contribution in [0.3, 0.4) is 0 Å². The smallest absolute Gasteiger partial charge is 0.321 e. The van der Waals surface area contributed by atoms with Gasteiger partial charge in [0.25, 0.3) is 0 Å². The first-order valence-electron chi connectivity index (χ1n) is 6.27. The highest BCUT2D eigenvalue weighted by Gasteiger charge is 2.40. The van der Waals surface area contributed by atoms with Crippen molar-refractivity contribution in [1.82, 2.24) is 5.32 Å². The summed E-state index contributed by atoms with van der Waals surface area (Å²) in [6.07, 6.45) is 1.07. The van der Waals surface area contributed by atoms with Gasteiger partial charge < -0.3 is 10.1 Å². The maximum atomic E-state index is 12.0. The summed E-state index contributed by atoms with van der Waals surface area (Å²) < 4.78 is 5.28. The van der Waals surface area contributed by atoms with Crippen LogP contribution in [0.1, 0.15) is 41.0 Å². The van der Waals surface area contributed by atoms with Crippen molar-refractivity contribution < 1.29 is 9.53 Å². The van der Waals surface area contributed by atoms with Crippen LogP contribution in [0.5, 0.6) is 0 Å². The van der Waals surface area contributed by atoms with Gasteiger partial charge in [0, 0.05) is 5.92 Å². The summed E-state index contributed by atoms with van der Waals surface area (Å²) in [6.45, 7) is 12.1. The Morgan fingerprint density at radius 2 is 1.94 bits per heavy atom. The van der Waals surface area contributed by atoms with Crippen LogP contribution in [0.4, 0.5) is 0 Å². The Morgan fingerprint density at radius 3 is 2.41 bits per heavy atom. The second-order valence-corrected chi connectivity index (χ2v) is 8.74. The van der Waals surface area contributed by atoms with Crippen LogP contribution in [-0.4, -0.2) is 28.1 Å². The summed E-state index contributed by atoms with van der Waals surface area (Å²) in [7, 11) is 0. The van der Waals surface area contributed by atoms with E-state index < -0.39 is 3.42 Å². The molecule has 0 bridgehead atoms. The van der Waals surface area contributed by atoms with Gasteiger partial charge in [-0.25, -0.2) is 0 Å². The summed E-state index contributed by atoms with van der Waals surface area (Å²) in [5.41, 5.74) is -0.374. The van der Waals surface area contributed by atoms with E-state index in [0.717, 1.165) is 19.5 Å². The van der Waals surface area contributed by atoms with Gasteiger partial charge in [-0.1, -0.05) is 29.5 Å². The molecule has 1 aliphatic heterocycles. The fraction of sp³-hybridized carbons (Fsp3) is 0.923. The average molecular weight is 353 g/mol. The SMILES string of the molecule is CC1CNCCC1C(C)(C)OC(=O)C(C)(C)I. The van der Waals surface area contributed by atoms with Crippen LogP contribution in [0.25, 0.3) is 0 Å². The highest BCUT2D eigenvalue weighted by molar-refractivity contribution is 14.1. The molecule has 1 N–H and O–H groups in total. The lowest BCUT2D eigenvalue weighted by Gasteiger charge is -2.41. The summed E-state index contributed by atoms with van der Waals surface area (Å²) in [6, 6.07) is 0. The van der Waals surface area contributed by atoms with E-state index in [1.807, 2.05) is 27.7 Å². The van der Waals surface area contributed by atoms with Gasteiger partial charge in [-0.2, -0.15) is 0 Å². The second-order valence-electron chi connectivity index (χ2n) is 6.04. The van der Waals surface area contributed by atoms with Crippen molar-refractivity contribution in [1.29, 1.82) is 0 Å². The van der Waals surface area contributed by atoms with E-state index in [1.165, 1.54) is 0 Å². The number of rotatable bonds is 3. The van der Waals surface area contributed by atoms with Crippen LogP contribution >= 0.6 is 22.6 Å². The van der Waals surface area contributed by atoms with Gasteiger partial charge in [-0.05, 0) is 53.1 Å². The van der Waals surface area contributed by atoms with Gasteiger partial charge in [0.2, 0.25) is 0 Å². The van der Waals surface area contributed by atoms with Crippen molar-refractivity contribution in [3.8, 4) is 0 Å². The van der Waals surface area contributed by atoms with E-state index in [2.05, 4.69) is 34.8 Å². The quantitative estimate of drug-likeness (QED) is 0.482. The van der Waals surface area contributed by atoms with Crippen LogP contribution < -0.4 is 5.32 Å². The minimum atomic E-state index is -0.453. The highest BCUT2D eigenvalue weighted by Crippen LogP contribution is 2.34. The predicted octanol–water partition coefficient (Wildman–Crippen LogP) is 2.77. The largest absolute Gasteiger partial charge is 0.458 e. The number of hydrogen-bond acceptors (Lipinski definition) is 3. The normalized spacial score (nSPS) is 26.7. The minimum Gasteiger partial charge on any atom is -0.458 e. The monoisotopic (exact) mass is 353 g/mol. The molecule has 4 heteroatoms. The molecule has 1 heterocycles. The highest BCUT2D eigenvalue weighted by atomic mass is 127. The van der Waals surface area contributed by atoms with Crippen molar-refractivity contribution >= 4 is 28.6 Å². The molecule has 0 aromatic rings. The van der Waals surface area contributed by atoms with E-state index in [-0.39, 0.29) is 11.6 Å². The first kappa shape index (κ1) is 15.2. The Morgan fingerprint density at radius 1 is 1.35 bits per heavy atom. The number of hydrogen-bond donors (Lipinski definition) is 1. The molecule has 1 rings (SSSR count). The van der Waals surface area contributed by atoms with Crippen molar-refractivity contribution in [2.24, 2.45) is 11.8 Å². The van der Waals surface area contributed by atoms with Crippen molar-refractivity contribution in [2.75, 3.05) is 13.1 Å². The minimum absolute atomic E-state index is 0.117. The van der Waals surface area contributed by atoms with Gasteiger partial charge in [0.15, 0.2) is 0 Å². The molecule has 17 heavy (non-hydrogen) atoms. The van der Waals surface area contributed by atoms with E-state index in [1.54, 1.807) is 0 Å². The van der Waals surface area contributed by atoms with E-state index in [4.69, 9.17) is 4.74 Å². The third-order valence-electron chi connectivity index (χ3n) is 3.52. The Balaban J connectivity index is 2.70. The molecule has 0 radical (unpaired) electrons. The Hall–Kier alpha value is 0.160. The number of carbonyl (C=O) groups is 1. The molecule has 2 unspecified atom stereocenters. The second kappa shape index (κ2) is 5.43. The summed E-state index contributed by atoms with van der Waals surface area (Å²) >= 11 is 2.13. The summed E-state index contributed by atoms with van der Waals surface area (Å²) in [5, 5.41) is 3.38. The fourth-order valence-corrected chi connectivity index (χ4v) is 2.59. The van der Waals surface area contributed by atoms with Crippen molar-refractivity contribution in [3.63, 3.8) is 0 Å². The van der Waals surface area contributed by atoms with Crippen LogP contribution in [0.15, 0.2) is 0 Å². The van der Waals surface area contributed by atoms with E-state index >= 15 is 0 Å². The molecule has 100 valence electrons. The number of carbonyl (C=O) groups excluding carboxylic acids is 1. The number of piperidine rings is 1. The molecule has 0 saturated carbocycles. The van der Waals surface area contributed by atoms with Crippen molar-refractivity contribution in [2.45, 2.75) is 50.1 Å². The lowest BCUT2D eigenvalue weighted by atomic mass is 9.76. The van der Waals surface area contributed by atoms with Crippen LogP contribution in [0, 0.1) is 11.8 Å². The Bertz CT molecular complexity index is 284. The topological polar surface area (TPSA) is 38.3 Å². The summed E-state index contributed by atoms with van der Waals surface area (Å²) in [5.74, 6) is 0.865. The summed E-state index contributed by atoms with van der Waals surface area (Å²) in [4.78, 5) is 12.0. The number of esters is 1. The number of nitrogens with one attached hydrogen (secondary N) is 1. The number of halogens is 1.